The molecule has 1 aromatic carbocycles. The van der Waals surface area contributed by atoms with Gasteiger partial charge in [-0.3, -0.25) is 9.36 Å². The maximum Gasteiger partial charge on any atom is 0.195 e. The molecule has 0 bridgehead atoms. The van der Waals surface area contributed by atoms with E-state index in [2.05, 4.69) is 0 Å². The van der Waals surface area contributed by atoms with Crippen molar-refractivity contribution in [3.05, 3.63) is 35.9 Å². The van der Waals surface area contributed by atoms with Crippen LogP contribution < -0.4 is 0 Å². The Balaban J connectivity index is 3.08. The molecule has 0 aliphatic rings. The van der Waals surface area contributed by atoms with E-state index in [-0.39, 0.29) is 6.16 Å². The summed E-state index contributed by atoms with van der Waals surface area (Å²) in [7, 11) is -0.904. The highest BCUT2D eigenvalue weighted by Crippen LogP contribution is 2.34. The van der Waals surface area contributed by atoms with Gasteiger partial charge in [-0.1, -0.05) is 30.3 Å². The van der Waals surface area contributed by atoms with Crippen molar-refractivity contribution in [3.8, 4) is 0 Å². The monoisotopic (exact) mass is 256 g/mol. The van der Waals surface area contributed by atoms with E-state index in [9.17, 15) is 9.36 Å². The summed E-state index contributed by atoms with van der Waals surface area (Å²) in [5.74, 6) is 0. The molecule has 0 spiro atoms. The van der Waals surface area contributed by atoms with Crippen molar-refractivity contribution in [3.63, 3.8) is 0 Å². The fourth-order valence-corrected chi connectivity index (χ4v) is 2.61. The third-order valence-corrected chi connectivity index (χ3v) is 3.76. The third-order valence-electron chi connectivity index (χ3n) is 2.49. The maximum atomic E-state index is 11.6. The molecule has 4 nitrogen and oxygen atoms in total. The van der Waals surface area contributed by atoms with Gasteiger partial charge in [0.15, 0.2) is 19.9 Å². The first kappa shape index (κ1) is 14.1. The second-order valence-electron chi connectivity index (χ2n) is 3.56. The normalized spacial score (nSPS) is 16.1. The molecule has 1 aromatic rings. The van der Waals surface area contributed by atoms with Crippen LogP contribution in [0.15, 0.2) is 30.3 Å². The lowest BCUT2D eigenvalue weighted by atomic mass is 9.97. The van der Waals surface area contributed by atoms with Gasteiger partial charge in [0.2, 0.25) is 0 Å². The van der Waals surface area contributed by atoms with Crippen LogP contribution in [0.2, 0.25) is 0 Å². The number of carbonyl (C=O) groups is 1. The molecule has 0 aliphatic heterocycles. The van der Waals surface area contributed by atoms with Crippen LogP contribution in [0.3, 0.4) is 0 Å². The van der Waals surface area contributed by atoms with Gasteiger partial charge >= 0.3 is 0 Å². The molecule has 0 aliphatic carbocycles. The van der Waals surface area contributed by atoms with Crippen molar-refractivity contribution >= 4 is 14.3 Å². The van der Waals surface area contributed by atoms with Crippen LogP contribution in [-0.4, -0.2) is 26.2 Å². The van der Waals surface area contributed by atoms with Crippen molar-refractivity contribution < 1.29 is 18.6 Å². The van der Waals surface area contributed by atoms with Crippen LogP contribution in [0.25, 0.3) is 0 Å². The average molecular weight is 256 g/mol. The highest BCUT2D eigenvalue weighted by Gasteiger charge is 2.34. The van der Waals surface area contributed by atoms with E-state index < -0.39 is 13.6 Å². The van der Waals surface area contributed by atoms with E-state index in [4.69, 9.17) is 9.26 Å². The van der Waals surface area contributed by atoms with Crippen molar-refractivity contribution in [2.24, 2.45) is 0 Å². The smallest absolute Gasteiger partial charge is 0.195 e. The molecule has 0 fully saturated rings. The molecule has 94 valence electrons. The zero-order valence-corrected chi connectivity index (χ0v) is 11.0. The average Bonchev–Trinajstić information content (AvgIpc) is 2.39. The lowest BCUT2D eigenvalue weighted by Crippen LogP contribution is -2.34. The van der Waals surface area contributed by atoms with Crippen molar-refractivity contribution in [2.45, 2.75) is 12.5 Å². The molecule has 1 rings (SSSR count). The lowest BCUT2D eigenvalue weighted by molar-refractivity contribution is -0.129. The molecular formula is C12H17O4P. The largest absolute Gasteiger partial charge is 0.362 e. The Morgan fingerprint density at radius 3 is 2.47 bits per heavy atom. The van der Waals surface area contributed by atoms with Gasteiger partial charge in [-0.2, -0.15) is 0 Å². The standard InChI is InChI=1S/C12H17O4P/c1-3-16-12(9-13,10-17(14)15-2)11-7-5-4-6-8-11/h4-9,17H,3,10H2,1-2H3. The molecule has 0 heterocycles. The topological polar surface area (TPSA) is 52.6 Å². The van der Waals surface area contributed by atoms with E-state index in [1.165, 1.54) is 7.11 Å². The summed E-state index contributed by atoms with van der Waals surface area (Å²) in [6, 6.07) is 9.06. The Morgan fingerprint density at radius 1 is 1.35 bits per heavy atom. The van der Waals surface area contributed by atoms with Crippen LogP contribution in [0.1, 0.15) is 12.5 Å². The Morgan fingerprint density at radius 2 is 2.00 bits per heavy atom. The minimum Gasteiger partial charge on any atom is -0.362 e. The molecule has 0 amide bonds. The Hall–Kier alpha value is -0.960. The SMILES string of the molecule is CCOC(C=O)(C[PH](=O)OC)c1ccccc1. The lowest BCUT2D eigenvalue weighted by Gasteiger charge is -2.27. The molecule has 17 heavy (non-hydrogen) atoms. The molecule has 0 saturated carbocycles. The Kier molecular flexibility index (Phi) is 5.56. The van der Waals surface area contributed by atoms with Crippen LogP contribution in [-0.2, 0) is 24.2 Å². The quantitative estimate of drug-likeness (QED) is 0.554. The number of hydrogen-bond donors (Lipinski definition) is 0. The predicted molar refractivity (Wildman–Crippen MR) is 66.7 cm³/mol. The molecule has 2 atom stereocenters. The van der Waals surface area contributed by atoms with E-state index >= 15 is 0 Å². The molecule has 0 aromatic heterocycles. The van der Waals surface area contributed by atoms with Crippen molar-refractivity contribution in [2.75, 3.05) is 19.9 Å². The number of ether oxygens (including phenoxy) is 1. The number of rotatable bonds is 7. The van der Waals surface area contributed by atoms with Crippen LogP contribution in [0.4, 0.5) is 0 Å². The molecule has 5 heteroatoms. The van der Waals surface area contributed by atoms with Crippen LogP contribution in [0, 0.1) is 0 Å². The number of hydrogen-bond acceptors (Lipinski definition) is 4. The number of carbonyl (C=O) groups excluding carboxylic acids is 1. The molecular weight excluding hydrogens is 239 g/mol. The van der Waals surface area contributed by atoms with E-state index in [1.54, 1.807) is 19.1 Å². The Bertz CT molecular complexity index is 379. The first-order valence-electron chi connectivity index (χ1n) is 5.41. The fourth-order valence-electron chi connectivity index (χ4n) is 1.64. The second-order valence-corrected chi connectivity index (χ2v) is 5.07. The number of benzene rings is 1. The van der Waals surface area contributed by atoms with E-state index in [1.807, 2.05) is 18.2 Å². The van der Waals surface area contributed by atoms with E-state index in [0.29, 0.717) is 18.5 Å². The van der Waals surface area contributed by atoms with Gasteiger partial charge < -0.3 is 9.26 Å². The molecule has 0 saturated heterocycles. The van der Waals surface area contributed by atoms with Gasteiger partial charge in [0.05, 0.1) is 6.16 Å². The highest BCUT2D eigenvalue weighted by molar-refractivity contribution is 7.39. The first-order chi connectivity index (χ1) is 8.18. The minimum atomic E-state index is -2.27. The van der Waals surface area contributed by atoms with Crippen LogP contribution in [0.5, 0.6) is 0 Å². The van der Waals surface area contributed by atoms with Gasteiger partial charge in [-0.05, 0) is 12.5 Å². The summed E-state index contributed by atoms with van der Waals surface area (Å²) in [5.41, 5.74) is -0.463. The zero-order chi connectivity index (χ0) is 12.7. The third kappa shape index (κ3) is 3.50. The Labute approximate surface area is 102 Å². The maximum absolute atomic E-state index is 11.6. The van der Waals surface area contributed by atoms with Crippen LogP contribution >= 0.6 is 8.03 Å². The van der Waals surface area contributed by atoms with Gasteiger partial charge in [0.1, 0.15) is 0 Å². The summed E-state index contributed by atoms with van der Waals surface area (Å²) in [6.45, 7) is 2.16. The molecule has 2 unspecified atom stereocenters. The zero-order valence-electron chi connectivity index (χ0n) is 10.0. The van der Waals surface area contributed by atoms with Gasteiger partial charge in [0.25, 0.3) is 0 Å². The van der Waals surface area contributed by atoms with Crippen molar-refractivity contribution in [1.82, 2.24) is 0 Å². The fraction of sp³-hybridized carbons (Fsp3) is 0.417. The van der Waals surface area contributed by atoms with Gasteiger partial charge in [-0.25, -0.2) is 0 Å². The minimum absolute atomic E-state index is 0.0650. The van der Waals surface area contributed by atoms with E-state index in [0.717, 1.165) is 0 Å². The summed E-state index contributed by atoms with van der Waals surface area (Å²) in [4.78, 5) is 11.4. The van der Waals surface area contributed by atoms with Gasteiger partial charge in [0, 0.05) is 13.7 Å². The summed E-state index contributed by atoms with van der Waals surface area (Å²) in [5, 5.41) is 0. The first-order valence-corrected chi connectivity index (χ1v) is 6.93. The van der Waals surface area contributed by atoms with Gasteiger partial charge in [-0.15, -0.1) is 0 Å². The molecule has 0 radical (unpaired) electrons. The second kappa shape index (κ2) is 6.70. The van der Waals surface area contributed by atoms with Crippen molar-refractivity contribution in [1.29, 1.82) is 0 Å². The summed E-state index contributed by atoms with van der Waals surface area (Å²) in [6.07, 6.45) is 0.767. The molecule has 0 N–H and O–H groups in total. The summed E-state index contributed by atoms with van der Waals surface area (Å²) < 4.78 is 21.9. The highest BCUT2D eigenvalue weighted by atomic mass is 31.1. The number of aldehydes is 1. The predicted octanol–water partition coefficient (Wildman–Crippen LogP) is 2.24. The summed E-state index contributed by atoms with van der Waals surface area (Å²) >= 11 is 0.